The van der Waals surface area contributed by atoms with Crippen molar-refractivity contribution < 1.29 is 33.4 Å². The van der Waals surface area contributed by atoms with Crippen molar-refractivity contribution in [1.82, 2.24) is 10.2 Å². The molecule has 2 N–H and O–H groups in total. The fourth-order valence-corrected chi connectivity index (χ4v) is 5.18. The van der Waals surface area contributed by atoms with Gasteiger partial charge in [0.1, 0.15) is 22.1 Å². The van der Waals surface area contributed by atoms with E-state index in [9.17, 15) is 19.2 Å². The number of fused-ring (bicyclic) bond motifs is 1. The van der Waals surface area contributed by atoms with Gasteiger partial charge in [0.15, 0.2) is 5.75 Å². The number of amides is 3. The van der Waals surface area contributed by atoms with Gasteiger partial charge in [-0.15, -0.1) is 0 Å². The van der Waals surface area contributed by atoms with Crippen molar-refractivity contribution in [3.05, 3.63) is 58.3 Å². The highest BCUT2D eigenvalue weighted by Gasteiger charge is 2.60. The summed E-state index contributed by atoms with van der Waals surface area (Å²) in [5, 5.41) is 5.87. The minimum atomic E-state index is -1.76. The number of hydrogen-bond donors (Lipinski definition) is 2. The van der Waals surface area contributed by atoms with Crippen LogP contribution < -0.4 is 24.8 Å². The number of carbonyl (C=O) groups excluding carboxylic acids is 4. The maximum absolute atomic E-state index is 13.6. The first kappa shape index (κ1) is 24.6. The van der Waals surface area contributed by atoms with Gasteiger partial charge in [-0.05, 0) is 30.7 Å². The van der Waals surface area contributed by atoms with Crippen LogP contribution in [-0.4, -0.2) is 61.3 Å². The number of nitrogens with one attached hydrogen (secondary N) is 2. The van der Waals surface area contributed by atoms with Crippen LogP contribution in [0.2, 0.25) is 5.02 Å². The van der Waals surface area contributed by atoms with Crippen molar-refractivity contribution in [2.24, 2.45) is 5.92 Å². The fourth-order valence-electron chi connectivity index (χ4n) is 4.92. The number of carbonyl (C=O) groups is 4. The second-order valence-electron chi connectivity index (χ2n) is 9.00. The zero-order valence-electron chi connectivity index (χ0n) is 20.3. The number of Topliss-reactive ketones (excluding diaryl/α,β-unsaturated/α-hetero) is 1. The molecule has 11 heteroatoms. The SMILES string of the molecule is COc1cc(OC)c2c(c1Cl)O[C@@]1(C(=O)C=C(Nc3ccc(C(=O)N4CCNC4=O)cc3)C[C@H]1C)C2=O. The molecule has 1 fully saturated rings. The summed E-state index contributed by atoms with van der Waals surface area (Å²) >= 11 is 6.42. The molecule has 2 atom stereocenters. The van der Waals surface area contributed by atoms with Crippen LogP contribution in [-0.2, 0) is 4.79 Å². The lowest BCUT2D eigenvalue weighted by Crippen LogP contribution is -2.55. The van der Waals surface area contributed by atoms with Gasteiger partial charge in [0.05, 0.1) is 14.2 Å². The summed E-state index contributed by atoms with van der Waals surface area (Å²) in [6.45, 7) is 2.51. The Morgan fingerprint density at radius 2 is 1.86 bits per heavy atom. The van der Waals surface area contributed by atoms with E-state index in [4.69, 9.17) is 25.8 Å². The number of ketones is 2. The number of anilines is 1. The van der Waals surface area contributed by atoms with E-state index < -0.39 is 29.1 Å². The second kappa shape index (κ2) is 9.11. The molecule has 0 aromatic heterocycles. The van der Waals surface area contributed by atoms with Gasteiger partial charge in [-0.2, -0.15) is 0 Å². The number of halogens is 1. The molecular formula is C26H24ClN3O7. The summed E-state index contributed by atoms with van der Waals surface area (Å²) in [5.74, 6) is -1.39. The topological polar surface area (TPSA) is 123 Å². The van der Waals surface area contributed by atoms with Crippen molar-refractivity contribution in [3.8, 4) is 17.2 Å². The third kappa shape index (κ3) is 3.79. The van der Waals surface area contributed by atoms with Gasteiger partial charge < -0.3 is 24.8 Å². The molecule has 0 bridgehead atoms. The van der Waals surface area contributed by atoms with Crippen LogP contribution in [0, 0.1) is 5.92 Å². The van der Waals surface area contributed by atoms with E-state index in [2.05, 4.69) is 10.6 Å². The number of nitrogens with zero attached hydrogens (tertiary/aromatic N) is 1. The molecule has 5 rings (SSSR count). The van der Waals surface area contributed by atoms with Crippen molar-refractivity contribution in [2.45, 2.75) is 18.9 Å². The van der Waals surface area contributed by atoms with Crippen molar-refractivity contribution >= 4 is 40.8 Å². The van der Waals surface area contributed by atoms with E-state index in [0.29, 0.717) is 36.5 Å². The highest BCUT2D eigenvalue weighted by Crippen LogP contribution is 2.53. The van der Waals surface area contributed by atoms with Crippen LogP contribution in [0.3, 0.4) is 0 Å². The molecule has 2 aromatic rings. The van der Waals surface area contributed by atoms with Gasteiger partial charge in [0.2, 0.25) is 17.2 Å². The summed E-state index contributed by atoms with van der Waals surface area (Å²) in [7, 11) is 2.84. The molecule has 2 aromatic carbocycles. The van der Waals surface area contributed by atoms with E-state index in [0.717, 1.165) is 4.90 Å². The smallest absolute Gasteiger partial charge is 0.324 e. The number of rotatable bonds is 5. The maximum Gasteiger partial charge on any atom is 0.324 e. The Hall–Kier alpha value is -4.05. The first-order valence-corrected chi connectivity index (χ1v) is 12.0. The van der Waals surface area contributed by atoms with Gasteiger partial charge in [0.25, 0.3) is 5.91 Å². The highest BCUT2D eigenvalue weighted by molar-refractivity contribution is 6.36. The molecule has 3 amide bonds. The minimum Gasteiger partial charge on any atom is -0.496 e. The van der Waals surface area contributed by atoms with Gasteiger partial charge in [-0.3, -0.25) is 19.3 Å². The largest absolute Gasteiger partial charge is 0.496 e. The first-order chi connectivity index (χ1) is 17.7. The molecule has 3 aliphatic rings. The zero-order chi connectivity index (χ0) is 26.5. The molecule has 192 valence electrons. The molecule has 1 saturated heterocycles. The van der Waals surface area contributed by atoms with Gasteiger partial charge in [-0.25, -0.2) is 4.79 Å². The van der Waals surface area contributed by atoms with Gasteiger partial charge >= 0.3 is 6.03 Å². The molecule has 0 radical (unpaired) electrons. The van der Waals surface area contributed by atoms with Crippen molar-refractivity contribution in [1.29, 1.82) is 0 Å². The number of hydrogen-bond acceptors (Lipinski definition) is 8. The van der Waals surface area contributed by atoms with E-state index in [1.165, 1.54) is 26.4 Å². The maximum atomic E-state index is 13.6. The van der Waals surface area contributed by atoms with Crippen LogP contribution in [0.15, 0.2) is 42.1 Å². The monoisotopic (exact) mass is 525 g/mol. The van der Waals surface area contributed by atoms with Gasteiger partial charge in [-0.1, -0.05) is 18.5 Å². The number of urea groups is 1. The van der Waals surface area contributed by atoms with E-state index in [1.807, 2.05) is 0 Å². The average molecular weight is 526 g/mol. The predicted octanol–water partition coefficient (Wildman–Crippen LogP) is 3.44. The van der Waals surface area contributed by atoms with E-state index in [-0.39, 0.29) is 33.7 Å². The molecule has 1 spiro atoms. The Morgan fingerprint density at radius 3 is 2.46 bits per heavy atom. The lowest BCUT2D eigenvalue weighted by molar-refractivity contribution is -0.129. The average Bonchev–Trinajstić information content (AvgIpc) is 3.45. The number of allylic oxidation sites excluding steroid dienone is 1. The van der Waals surface area contributed by atoms with Crippen LogP contribution in [0.25, 0.3) is 0 Å². The molecular weight excluding hydrogens is 502 g/mol. The normalized spacial score (nSPS) is 22.4. The molecule has 2 heterocycles. The minimum absolute atomic E-state index is 0.0693. The molecule has 1 aliphatic carbocycles. The fraction of sp³-hybridized carbons (Fsp3) is 0.308. The number of methoxy groups -OCH3 is 2. The van der Waals surface area contributed by atoms with Crippen LogP contribution in [0.1, 0.15) is 34.1 Å². The first-order valence-electron chi connectivity index (χ1n) is 11.6. The van der Waals surface area contributed by atoms with E-state index in [1.54, 1.807) is 31.2 Å². The Morgan fingerprint density at radius 1 is 1.16 bits per heavy atom. The van der Waals surface area contributed by atoms with Crippen LogP contribution >= 0.6 is 11.6 Å². The second-order valence-corrected chi connectivity index (χ2v) is 9.37. The predicted molar refractivity (Wildman–Crippen MR) is 134 cm³/mol. The molecule has 0 saturated carbocycles. The summed E-state index contributed by atoms with van der Waals surface area (Å²) < 4.78 is 16.7. The zero-order valence-corrected chi connectivity index (χ0v) is 21.1. The van der Waals surface area contributed by atoms with Gasteiger partial charge in [0, 0.05) is 48.1 Å². The Balaban J connectivity index is 1.38. The quantitative estimate of drug-likeness (QED) is 0.569. The number of ether oxygens (including phenoxy) is 3. The summed E-state index contributed by atoms with van der Waals surface area (Å²) in [4.78, 5) is 52.5. The Bertz CT molecular complexity index is 1370. The Labute approximate surface area is 217 Å². The Kier molecular flexibility index (Phi) is 6.07. The molecule has 10 nitrogen and oxygen atoms in total. The third-order valence-corrected chi connectivity index (χ3v) is 7.21. The highest BCUT2D eigenvalue weighted by atomic mass is 35.5. The summed E-state index contributed by atoms with van der Waals surface area (Å²) in [5.41, 5.74) is -0.0494. The lowest BCUT2D eigenvalue weighted by Gasteiger charge is -2.35. The van der Waals surface area contributed by atoms with Crippen LogP contribution in [0.4, 0.5) is 10.5 Å². The van der Waals surface area contributed by atoms with Crippen molar-refractivity contribution in [3.63, 3.8) is 0 Å². The number of imide groups is 1. The standard InChI is InChI=1S/C26H24ClN3O7/c1-13-10-16(29-15-6-4-14(5-7-15)24(33)30-9-8-28-25(30)34)11-19(31)26(13)23(32)20-17(35-2)12-18(36-3)21(27)22(20)37-26/h4-7,11-13,29H,8-10H2,1-3H3,(H,28,34)/t13-,26+/m1/s1. The molecule has 0 unspecified atom stereocenters. The molecule has 37 heavy (non-hydrogen) atoms. The van der Waals surface area contributed by atoms with Crippen LogP contribution in [0.5, 0.6) is 17.2 Å². The van der Waals surface area contributed by atoms with Crippen molar-refractivity contribution in [2.75, 3.05) is 32.6 Å². The summed E-state index contributed by atoms with van der Waals surface area (Å²) in [6.07, 6.45) is 1.69. The lowest BCUT2D eigenvalue weighted by atomic mass is 9.74. The van der Waals surface area contributed by atoms with E-state index >= 15 is 0 Å². The number of benzene rings is 2. The molecule has 2 aliphatic heterocycles. The summed E-state index contributed by atoms with van der Waals surface area (Å²) in [6, 6.07) is 7.66. The third-order valence-electron chi connectivity index (χ3n) is 6.85.